The first kappa shape index (κ1) is 24.0. The number of halogens is 2. The van der Waals surface area contributed by atoms with Crippen LogP contribution in [0.1, 0.15) is 74.6 Å². The van der Waals surface area contributed by atoms with Crippen molar-refractivity contribution in [3.63, 3.8) is 0 Å². The highest BCUT2D eigenvalue weighted by molar-refractivity contribution is 6.03. The van der Waals surface area contributed by atoms with Crippen molar-refractivity contribution in [2.24, 2.45) is 11.8 Å². The Bertz CT molecular complexity index is 1410. The molecule has 0 saturated heterocycles. The summed E-state index contributed by atoms with van der Waals surface area (Å²) >= 11 is 0. The number of nitrogens with zero attached hydrogens (tertiary/aromatic N) is 4. The largest absolute Gasteiger partial charge is 0.348 e. The number of rotatable bonds is 8. The molecule has 37 heavy (non-hydrogen) atoms. The summed E-state index contributed by atoms with van der Waals surface area (Å²) in [7, 11) is 0. The Morgan fingerprint density at radius 2 is 1.89 bits per heavy atom. The van der Waals surface area contributed by atoms with Gasteiger partial charge in [0.15, 0.2) is 5.78 Å². The van der Waals surface area contributed by atoms with E-state index in [-0.39, 0.29) is 11.7 Å². The lowest BCUT2D eigenvalue weighted by Crippen LogP contribution is -2.29. The van der Waals surface area contributed by atoms with Gasteiger partial charge in [0, 0.05) is 41.9 Å². The van der Waals surface area contributed by atoms with E-state index in [1.54, 1.807) is 16.9 Å². The molecule has 2 N–H and O–H groups in total. The van der Waals surface area contributed by atoms with E-state index < -0.39 is 18.4 Å². The zero-order valence-electron chi connectivity index (χ0n) is 20.9. The van der Waals surface area contributed by atoms with E-state index in [1.165, 1.54) is 32.1 Å². The highest BCUT2D eigenvalue weighted by atomic mass is 19.3. The molecule has 0 radical (unpaired) electrons. The first-order chi connectivity index (χ1) is 18.0. The molecule has 9 heteroatoms. The predicted octanol–water partition coefficient (Wildman–Crippen LogP) is 6.66. The van der Waals surface area contributed by atoms with Gasteiger partial charge in [0.05, 0.1) is 23.8 Å². The number of aromatic nitrogens is 5. The average Bonchev–Trinajstić information content (AvgIpc) is 3.54. The third-order valence-electron chi connectivity index (χ3n) is 7.92. The lowest BCUT2D eigenvalue weighted by molar-refractivity contribution is -0.00832. The van der Waals surface area contributed by atoms with Gasteiger partial charge in [-0.1, -0.05) is 44.9 Å². The molecule has 2 fully saturated rings. The van der Waals surface area contributed by atoms with Crippen LogP contribution in [0.3, 0.4) is 0 Å². The summed E-state index contributed by atoms with van der Waals surface area (Å²) in [5.74, 6) is -2.50. The van der Waals surface area contributed by atoms with E-state index in [0.717, 1.165) is 34.9 Å². The molecule has 0 spiro atoms. The van der Waals surface area contributed by atoms with Crippen molar-refractivity contribution in [3.8, 4) is 11.1 Å². The Labute approximate surface area is 214 Å². The Hall–Kier alpha value is -3.36. The molecule has 0 aromatic carbocycles. The van der Waals surface area contributed by atoms with Gasteiger partial charge in [-0.25, -0.2) is 18.3 Å². The number of hydrogen-bond acceptors (Lipinski definition) is 5. The quantitative estimate of drug-likeness (QED) is 0.261. The van der Waals surface area contributed by atoms with Crippen LogP contribution < -0.4 is 5.32 Å². The van der Waals surface area contributed by atoms with E-state index in [2.05, 4.69) is 25.4 Å². The van der Waals surface area contributed by atoms with Gasteiger partial charge in [-0.15, -0.1) is 0 Å². The van der Waals surface area contributed by atoms with Crippen LogP contribution in [0.5, 0.6) is 0 Å². The molecule has 0 atom stereocenters. The number of aromatic amines is 1. The maximum atomic E-state index is 14.0. The van der Waals surface area contributed by atoms with Gasteiger partial charge in [0.2, 0.25) is 5.95 Å². The van der Waals surface area contributed by atoms with Crippen molar-refractivity contribution < 1.29 is 13.6 Å². The summed E-state index contributed by atoms with van der Waals surface area (Å²) < 4.78 is 29.8. The summed E-state index contributed by atoms with van der Waals surface area (Å²) in [6.45, 7) is -0.466. The minimum Gasteiger partial charge on any atom is -0.348 e. The van der Waals surface area contributed by atoms with Crippen LogP contribution >= 0.6 is 0 Å². The van der Waals surface area contributed by atoms with Crippen molar-refractivity contribution in [3.05, 3.63) is 42.5 Å². The van der Waals surface area contributed by atoms with Crippen LogP contribution in [0.4, 0.5) is 14.7 Å². The molecule has 7 nitrogen and oxygen atoms in total. The lowest BCUT2D eigenvalue weighted by atomic mass is 9.86. The number of alkyl halides is 2. The van der Waals surface area contributed by atoms with Crippen molar-refractivity contribution in [2.75, 3.05) is 11.9 Å². The molecule has 4 heterocycles. The summed E-state index contributed by atoms with van der Waals surface area (Å²) in [6.07, 6.45) is 17.2. The minimum absolute atomic E-state index is 0.152. The van der Waals surface area contributed by atoms with E-state index in [4.69, 9.17) is 0 Å². The van der Waals surface area contributed by atoms with Gasteiger partial charge < -0.3 is 10.3 Å². The topological polar surface area (TPSA) is 88.0 Å². The van der Waals surface area contributed by atoms with Crippen molar-refractivity contribution in [1.29, 1.82) is 0 Å². The molecule has 2 aliphatic carbocycles. The van der Waals surface area contributed by atoms with Crippen molar-refractivity contribution in [1.82, 2.24) is 24.6 Å². The SMILES string of the molecule is O=C(CC1CCCCCCC1)c1cnn2ccc(-c3c[nH]c4nc(NCC(F)(F)C5CC5)ncc34)cc12. The van der Waals surface area contributed by atoms with E-state index in [9.17, 15) is 13.6 Å². The van der Waals surface area contributed by atoms with Crippen LogP contribution in [-0.4, -0.2) is 42.8 Å². The van der Waals surface area contributed by atoms with Crippen molar-refractivity contribution >= 4 is 28.3 Å². The molecular formula is C28H32F2N6O. The van der Waals surface area contributed by atoms with E-state index in [0.29, 0.717) is 36.4 Å². The van der Waals surface area contributed by atoms with Crippen LogP contribution in [0.15, 0.2) is 36.9 Å². The normalized spacial score (nSPS) is 17.7. The second-order valence-corrected chi connectivity index (χ2v) is 10.7. The third-order valence-corrected chi connectivity index (χ3v) is 7.92. The van der Waals surface area contributed by atoms with E-state index in [1.807, 2.05) is 24.5 Å². The third kappa shape index (κ3) is 5.08. The molecule has 4 aromatic heterocycles. The number of anilines is 1. The molecule has 0 bridgehead atoms. The second-order valence-electron chi connectivity index (χ2n) is 10.7. The number of H-pyrrole nitrogens is 1. The number of nitrogens with one attached hydrogen (secondary N) is 2. The lowest BCUT2D eigenvalue weighted by Gasteiger charge is -2.18. The fraction of sp³-hybridized carbons (Fsp3) is 0.500. The molecule has 6 rings (SSSR count). The Balaban J connectivity index is 1.22. The minimum atomic E-state index is -2.75. The zero-order valence-corrected chi connectivity index (χ0v) is 20.9. The molecule has 2 aliphatic rings. The Kier molecular flexibility index (Phi) is 6.38. The molecule has 0 aliphatic heterocycles. The summed E-state index contributed by atoms with van der Waals surface area (Å²) in [6, 6.07) is 3.91. The van der Waals surface area contributed by atoms with Gasteiger partial charge in [-0.05, 0) is 36.5 Å². The predicted molar refractivity (Wildman–Crippen MR) is 139 cm³/mol. The number of carbonyl (C=O) groups is 1. The number of ketones is 1. The van der Waals surface area contributed by atoms with Crippen LogP contribution in [0.25, 0.3) is 27.7 Å². The van der Waals surface area contributed by atoms with Gasteiger partial charge in [-0.2, -0.15) is 10.1 Å². The fourth-order valence-corrected chi connectivity index (χ4v) is 5.56. The number of Topliss-reactive ketones (excluding diaryl/α,β-unsaturated/α-hetero) is 1. The second kappa shape index (κ2) is 9.84. The standard InChI is InChI=1S/C28H32F2N6O/c29-28(30,20-8-9-20)17-33-27-32-15-22-21(14-31-26(22)35-27)19-10-11-36-24(13-19)23(16-34-36)25(37)12-18-6-4-2-1-3-5-7-18/h10-11,13-16,18,20H,1-9,12,17H2,(H2,31,32,33,35). The smallest absolute Gasteiger partial charge is 0.267 e. The fourth-order valence-electron chi connectivity index (χ4n) is 5.56. The number of hydrogen-bond donors (Lipinski definition) is 2. The number of carbonyl (C=O) groups excluding carboxylic acids is 1. The Morgan fingerprint density at radius 1 is 1.11 bits per heavy atom. The van der Waals surface area contributed by atoms with Gasteiger partial charge in [0.25, 0.3) is 5.92 Å². The summed E-state index contributed by atoms with van der Waals surface area (Å²) in [5.41, 5.74) is 3.79. The maximum absolute atomic E-state index is 14.0. The monoisotopic (exact) mass is 506 g/mol. The highest BCUT2D eigenvalue weighted by Gasteiger charge is 2.46. The maximum Gasteiger partial charge on any atom is 0.267 e. The molecule has 194 valence electrons. The zero-order chi connectivity index (χ0) is 25.4. The van der Waals surface area contributed by atoms with Crippen LogP contribution in [0.2, 0.25) is 0 Å². The first-order valence-corrected chi connectivity index (χ1v) is 13.4. The Morgan fingerprint density at radius 3 is 2.68 bits per heavy atom. The molecule has 4 aromatic rings. The highest BCUT2D eigenvalue weighted by Crippen LogP contribution is 2.43. The molecule has 0 unspecified atom stereocenters. The summed E-state index contributed by atoms with van der Waals surface area (Å²) in [4.78, 5) is 25.1. The molecule has 2 saturated carbocycles. The van der Waals surface area contributed by atoms with Crippen LogP contribution in [0, 0.1) is 11.8 Å². The van der Waals surface area contributed by atoms with Gasteiger partial charge >= 0.3 is 0 Å². The van der Waals surface area contributed by atoms with Crippen LogP contribution in [-0.2, 0) is 0 Å². The van der Waals surface area contributed by atoms with Gasteiger partial charge in [0.1, 0.15) is 5.65 Å². The molecule has 0 amide bonds. The van der Waals surface area contributed by atoms with E-state index >= 15 is 0 Å². The van der Waals surface area contributed by atoms with Crippen molar-refractivity contribution in [2.45, 2.75) is 70.1 Å². The molecular weight excluding hydrogens is 474 g/mol. The number of pyridine rings is 1. The van der Waals surface area contributed by atoms with Gasteiger partial charge in [-0.3, -0.25) is 4.79 Å². The first-order valence-electron chi connectivity index (χ1n) is 13.4. The number of fused-ring (bicyclic) bond motifs is 2. The summed E-state index contributed by atoms with van der Waals surface area (Å²) in [5, 5.41) is 7.88. The average molecular weight is 507 g/mol.